The van der Waals surface area contributed by atoms with Crippen molar-refractivity contribution < 1.29 is 14.0 Å². The number of piperidine rings is 3. The first-order valence-electron chi connectivity index (χ1n) is 10.5. The predicted octanol–water partition coefficient (Wildman–Crippen LogP) is 2.86. The number of furan rings is 1. The van der Waals surface area contributed by atoms with E-state index in [0.717, 1.165) is 49.5 Å². The molecule has 0 aliphatic carbocycles. The van der Waals surface area contributed by atoms with E-state index in [1.807, 2.05) is 34.5 Å². The molecule has 3 saturated heterocycles. The molecule has 0 saturated carbocycles. The van der Waals surface area contributed by atoms with Crippen molar-refractivity contribution in [3.05, 3.63) is 46.5 Å². The zero-order chi connectivity index (χ0) is 19.8. The third kappa shape index (κ3) is 3.73. The zero-order valence-electron chi connectivity index (χ0n) is 16.5. The van der Waals surface area contributed by atoms with Crippen LogP contribution in [0.15, 0.2) is 40.3 Å². The SMILES string of the molecule is O=C(NCc1cccs1)[C@H]1[C@@H]2C[C@@H](CN(Cc3ccco3)C2)[C@@H]2CCCC(=O)N21. The van der Waals surface area contributed by atoms with Gasteiger partial charge in [-0.3, -0.25) is 14.5 Å². The summed E-state index contributed by atoms with van der Waals surface area (Å²) < 4.78 is 5.55. The first-order valence-corrected chi connectivity index (χ1v) is 11.4. The number of amides is 2. The van der Waals surface area contributed by atoms with Gasteiger partial charge in [0.2, 0.25) is 11.8 Å². The van der Waals surface area contributed by atoms with Crippen LogP contribution in [0.1, 0.15) is 36.3 Å². The molecule has 2 aromatic heterocycles. The van der Waals surface area contributed by atoms with E-state index in [4.69, 9.17) is 4.42 Å². The van der Waals surface area contributed by atoms with Gasteiger partial charge in [0.15, 0.2) is 0 Å². The minimum atomic E-state index is -0.358. The van der Waals surface area contributed by atoms with Crippen LogP contribution in [-0.4, -0.2) is 46.8 Å². The number of hydrogen-bond donors (Lipinski definition) is 1. The molecule has 3 fully saturated rings. The Labute approximate surface area is 174 Å². The Kier molecular flexibility index (Phi) is 5.18. The molecule has 0 spiro atoms. The Morgan fingerprint density at radius 3 is 2.93 bits per heavy atom. The fraction of sp³-hybridized carbons (Fsp3) is 0.545. The lowest BCUT2D eigenvalue weighted by Gasteiger charge is -2.55. The minimum absolute atomic E-state index is 0.00180. The van der Waals surface area contributed by atoms with E-state index in [1.54, 1.807) is 17.6 Å². The van der Waals surface area contributed by atoms with Crippen molar-refractivity contribution >= 4 is 23.2 Å². The molecular formula is C22H27N3O3S. The van der Waals surface area contributed by atoms with Crippen molar-refractivity contribution in [2.45, 2.75) is 50.9 Å². The van der Waals surface area contributed by atoms with Gasteiger partial charge in [-0.15, -0.1) is 11.3 Å². The van der Waals surface area contributed by atoms with Gasteiger partial charge in [-0.05, 0) is 48.8 Å². The summed E-state index contributed by atoms with van der Waals surface area (Å²) in [4.78, 5) is 31.7. The van der Waals surface area contributed by atoms with Crippen LogP contribution in [-0.2, 0) is 22.7 Å². The van der Waals surface area contributed by atoms with Gasteiger partial charge in [0.05, 0.1) is 19.4 Å². The topological polar surface area (TPSA) is 65.8 Å². The summed E-state index contributed by atoms with van der Waals surface area (Å²) >= 11 is 1.64. The summed E-state index contributed by atoms with van der Waals surface area (Å²) in [5.41, 5.74) is 0. The van der Waals surface area contributed by atoms with Crippen LogP contribution in [0.4, 0.5) is 0 Å². The smallest absolute Gasteiger partial charge is 0.243 e. The molecule has 3 aliphatic heterocycles. The summed E-state index contributed by atoms with van der Waals surface area (Å²) in [5.74, 6) is 1.73. The van der Waals surface area contributed by atoms with E-state index in [1.165, 1.54) is 0 Å². The van der Waals surface area contributed by atoms with Crippen LogP contribution >= 0.6 is 11.3 Å². The molecule has 2 aromatic rings. The number of carbonyl (C=O) groups is 2. The summed E-state index contributed by atoms with van der Waals surface area (Å²) in [6, 6.07) is 7.78. The molecule has 3 aliphatic rings. The number of nitrogens with one attached hydrogen (secondary N) is 1. The second-order valence-electron chi connectivity index (χ2n) is 8.53. The maximum atomic E-state index is 13.3. The monoisotopic (exact) mass is 413 g/mol. The molecule has 4 atom stereocenters. The van der Waals surface area contributed by atoms with E-state index in [-0.39, 0.29) is 29.8 Å². The highest BCUT2D eigenvalue weighted by atomic mass is 32.1. The van der Waals surface area contributed by atoms with E-state index >= 15 is 0 Å². The highest BCUT2D eigenvalue weighted by Gasteiger charge is 2.51. The van der Waals surface area contributed by atoms with Gasteiger partial charge >= 0.3 is 0 Å². The number of hydrogen-bond acceptors (Lipinski definition) is 5. The van der Waals surface area contributed by atoms with Gasteiger partial charge < -0.3 is 14.6 Å². The average molecular weight is 414 g/mol. The average Bonchev–Trinajstić information content (AvgIpc) is 3.41. The fourth-order valence-corrected chi connectivity index (χ4v) is 6.18. The Morgan fingerprint density at radius 1 is 1.24 bits per heavy atom. The molecular weight excluding hydrogens is 386 g/mol. The predicted molar refractivity (Wildman–Crippen MR) is 110 cm³/mol. The first-order chi connectivity index (χ1) is 14.2. The molecule has 29 heavy (non-hydrogen) atoms. The van der Waals surface area contributed by atoms with Crippen LogP contribution in [0, 0.1) is 11.8 Å². The number of carbonyl (C=O) groups excluding carboxylic acids is 2. The second kappa shape index (κ2) is 7.95. The lowest BCUT2D eigenvalue weighted by atomic mass is 9.71. The second-order valence-corrected chi connectivity index (χ2v) is 9.56. The Bertz CT molecular complexity index is 851. The molecule has 5 rings (SSSR count). The third-order valence-electron chi connectivity index (χ3n) is 6.66. The molecule has 0 unspecified atom stereocenters. The maximum absolute atomic E-state index is 13.3. The quantitative estimate of drug-likeness (QED) is 0.819. The summed E-state index contributed by atoms with van der Waals surface area (Å²) in [5, 5.41) is 5.13. The van der Waals surface area contributed by atoms with Gasteiger partial charge in [-0.2, -0.15) is 0 Å². The van der Waals surface area contributed by atoms with Crippen LogP contribution < -0.4 is 5.32 Å². The van der Waals surface area contributed by atoms with E-state index < -0.39 is 0 Å². The molecule has 2 amide bonds. The molecule has 0 aromatic carbocycles. The molecule has 0 radical (unpaired) electrons. The fourth-order valence-electron chi connectivity index (χ4n) is 5.53. The number of fused-ring (bicyclic) bond motifs is 4. The van der Waals surface area contributed by atoms with Crippen LogP contribution in [0.5, 0.6) is 0 Å². The molecule has 154 valence electrons. The summed E-state index contributed by atoms with van der Waals surface area (Å²) in [7, 11) is 0. The minimum Gasteiger partial charge on any atom is -0.468 e. The van der Waals surface area contributed by atoms with E-state index in [0.29, 0.717) is 18.9 Å². The molecule has 2 bridgehead atoms. The number of likely N-dealkylation sites (tertiary alicyclic amines) is 1. The standard InChI is InChI=1S/C22H27N3O3S/c26-20-7-1-6-19-15-10-16(13-24(12-15)14-17-4-2-8-28-17)21(25(19)20)22(27)23-11-18-5-3-9-29-18/h2-5,8-9,15-16,19,21H,1,6-7,10-14H2,(H,23,27)/t15-,16+,19-,21+/m0/s1. The van der Waals surface area contributed by atoms with Gasteiger partial charge in [0.1, 0.15) is 11.8 Å². The zero-order valence-corrected chi connectivity index (χ0v) is 17.3. The molecule has 1 N–H and O–H groups in total. The van der Waals surface area contributed by atoms with Gasteiger partial charge in [0.25, 0.3) is 0 Å². The highest BCUT2D eigenvalue weighted by Crippen LogP contribution is 2.42. The molecule has 5 heterocycles. The Balaban J connectivity index is 1.36. The van der Waals surface area contributed by atoms with Gasteiger partial charge in [-0.25, -0.2) is 0 Å². The summed E-state index contributed by atoms with van der Waals surface area (Å²) in [6.45, 7) is 3.09. The lowest BCUT2D eigenvalue weighted by molar-refractivity contribution is -0.160. The number of nitrogens with zero attached hydrogens (tertiary/aromatic N) is 2. The van der Waals surface area contributed by atoms with E-state index in [2.05, 4.69) is 10.2 Å². The highest BCUT2D eigenvalue weighted by molar-refractivity contribution is 7.09. The lowest BCUT2D eigenvalue weighted by Crippen LogP contribution is -2.68. The molecule has 7 heteroatoms. The van der Waals surface area contributed by atoms with Crippen molar-refractivity contribution in [3.8, 4) is 0 Å². The van der Waals surface area contributed by atoms with E-state index in [9.17, 15) is 9.59 Å². The maximum Gasteiger partial charge on any atom is 0.243 e. The normalized spacial score (nSPS) is 29.5. The third-order valence-corrected chi connectivity index (χ3v) is 7.54. The van der Waals surface area contributed by atoms with Crippen LogP contribution in [0.25, 0.3) is 0 Å². The molecule has 6 nitrogen and oxygen atoms in total. The van der Waals surface area contributed by atoms with Crippen molar-refractivity contribution in [2.75, 3.05) is 13.1 Å². The largest absolute Gasteiger partial charge is 0.468 e. The number of rotatable bonds is 5. The Hall–Kier alpha value is -2.12. The van der Waals surface area contributed by atoms with Gasteiger partial charge in [-0.1, -0.05) is 6.07 Å². The van der Waals surface area contributed by atoms with Crippen LogP contribution in [0.3, 0.4) is 0 Å². The summed E-state index contributed by atoms with van der Waals surface area (Å²) in [6.07, 6.45) is 5.25. The van der Waals surface area contributed by atoms with Crippen molar-refractivity contribution in [1.82, 2.24) is 15.1 Å². The first kappa shape index (κ1) is 18.9. The number of thiophene rings is 1. The van der Waals surface area contributed by atoms with Gasteiger partial charge in [0, 0.05) is 36.3 Å². The van der Waals surface area contributed by atoms with Crippen LogP contribution in [0.2, 0.25) is 0 Å². The van der Waals surface area contributed by atoms with Crippen molar-refractivity contribution in [2.24, 2.45) is 11.8 Å². The van der Waals surface area contributed by atoms with Crippen molar-refractivity contribution in [3.63, 3.8) is 0 Å². The Morgan fingerprint density at radius 2 is 2.14 bits per heavy atom. The van der Waals surface area contributed by atoms with Crippen molar-refractivity contribution in [1.29, 1.82) is 0 Å².